The van der Waals surface area contributed by atoms with Crippen molar-refractivity contribution >= 4 is 40.1 Å². The minimum absolute atomic E-state index is 0.442. The molecule has 0 amide bonds. The summed E-state index contributed by atoms with van der Waals surface area (Å²) in [6.07, 6.45) is 0. The standard InChI is InChI=1S/C8H7AsCl2/c1-5(9)6-2-3-7(10)8(11)4-6/h2-5H,1H3. The molecule has 2 radical (unpaired) electrons. The van der Waals surface area contributed by atoms with Gasteiger partial charge >= 0.3 is 85.5 Å². The van der Waals surface area contributed by atoms with Gasteiger partial charge in [0.2, 0.25) is 0 Å². The number of halogens is 2. The van der Waals surface area contributed by atoms with Crippen LogP contribution in [0.4, 0.5) is 0 Å². The van der Waals surface area contributed by atoms with Gasteiger partial charge in [-0.2, -0.15) is 0 Å². The van der Waals surface area contributed by atoms with E-state index in [1.54, 1.807) is 0 Å². The predicted molar refractivity (Wildman–Crippen MR) is 50.6 cm³/mol. The Morgan fingerprint density at radius 3 is 2.36 bits per heavy atom. The Morgan fingerprint density at radius 1 is 1.27 bits per heavy atom. The van der Waals surface area contributed by atoms with Gasteiger partial charge in [0, 0.05) is 0 Å². The fraction of sp³-hybridized carbons (Fsp3) is 0.250. The fourth-order valence-electron chi connectivity index (χ4n) is 0.772. The summed E-state index contributed by atoms with van der Waals surface area (Å²) in [6, 6.07) is 5.70. The molecule has 0 aliphatic rings. The number of benzene rings is 1. The van der Waals surface area contributed by atoms with Gasteiger partial charge in [0.05, 0.1) is 0 Å². The van der Waals surface area contributed by atoms with Crippen LogP contribution in [0.2, 0.25) is 10.0 Å². The number of hydrogen-bond acceptors (Lipinski definition) is 0. The maximum absolute atomic E-state index is 5.82. The van der Waals surface area contributed by atoms with Crippen LogP contribution >= 0.6 is 23.2 Å². The van der Waals surface area contributed by atoms with Gasteiger partial charge in [0.25, 0.3) is 0 Å². The Kier molecular flexibility index (Phi) is 3.30. The average molecular weight is 249 g/mol. The second-order valence-electron chi connectivity index (χ2n) is 2.35. The van der Waals surface area contributed by atoms with Crippen molar-refractivity contribution in [1.82, 2.24) is 0 Å². The molecule has 0 aliphatic heterocycles. The van der Waals surface area contributed by atoms with E-state index in [0.717, 1.165) is 0 Å². The van der Waals surface area contributed by atoms with Crippen molar-refractivity contribution in [2.24, 2.45) is 0 Å². The van der Waals surface area contributed by atoms with Crippen LogP contribution in [0, 0.1) is 0 Å². The van der Waals surface area contributed by atoms with Gasteiger partial charge in [0.1, 0.15) is 0 Å². The van der Waals surface area contributed by atoms with Crippen LogP contribution < -0.4 is 0 Å². The zero-order valence-electron chi connectivity index (χ0n) is 6.01. The third kappa shape index (κ3) is 2.40. The summed E-state index contributed by atoms with van der Waals surface area (Å²) in [7, 11) is 0. The van der Waals surface area contributed by atoms with E-state index in [2.05, 4.69) is 23.8 Å². The monoisotopic (exact) mass is 248 g/mol. The van der Waals surface area contributed by atoms with Crippen LogP contribution in [-0.2, 0) is 0 Å². The van der Waals surface area contributed by atoms with Crippen LogP contribution in [0.15, 0.2) is 18.2 Å². The summed E-state index contributed by atoms with van der Waals surface area (Å²) in [5, 5.41) is 1.24. The van der Waals surface area contributed by atoms with E-state index in [-0.39, 0.29) is 0 Å². The summed E-state index contributed by atoms with van der Waals surface area (Å²) in [4.78, 5) is 0. The van der Waals surface area contributed by atoms with E-state index >= 15 is 0 Å². The van der Waals surface area contributed by atoms with Gasteiger partial charge in [-0.15, -0.1) is 0 Å². The van der Waals surface area contributed by atoms with E-state index in [1.807, 2.05) is 18.2 Å². The van der Waals surface area contributed by atoms with Crippen LogP contribution in [0.3, 0.4) is 0 Å². The van der Waals surface area contributed by atoms with E-state index in [0.29, 0.717) is 14.8 Å². The van der Waals surface area contributed by atoms with E-state index in [1.165, 1.54) is 5.56 Å². The first kappa shape index (κ1) is 9.45. The van der Waals surface area contributed by atoms with Gasteiger partial charge in [-0.05, 0) is 0 Å². The molecule has 0 spiro atoms. The average Bonchev–Trinajstić information content (AvgIpc) is 1.94. The SMILES string of the molecule is CC([As])c1ccc(Cl)c(Cl)c1. The van der Waals surface area contributed by atoms with Crippen LogP contribution in [-0.4, -0.2) is 16.9 Å². The Hall–Kier alpha value is 0.358. The topological polar surface area (TPSA) is 0 Å². The van der Waals surface area contributed by atoms with Crippen LogP contribution in [0.5, 0.6) is 0 Å². The third-order valence-electron chi connectivity index (χ3n) is 1.43. The predicted octanol–water partition coefficient (Wildman–Crippen LogP) is 3.22. The summed E-state index contributed by atoms with van der Waals surface area (Å²) >= 11 is 14.1. The van der Waals surface area contributed by atoms with Gasteiger partial charge in [-0.1, -0.05) is 0 Å². The second-order valence-corrected chi connectivity index (χ2v) is 4.79. The Balaban J connectivity index is 3.05. The molecule has 3 heteroatoms. The molecule has 58 valence electrons. The minimum atomic E-state index is 0.442. The summed E-state index contributed by atoms with van der Waals surface area (Å²) in [5.74, 6) is 0. The summed E-state index contributed by atoms with van der Waals surface area (Å²) in [6.45, 7) is 2.10. The van der Waals surface area contributed by atoms with Crippen LogP contribution in [0.25, 0.3) is 0 Å². The Morgan fingerprint density at radius 2 is 1.91 bits per heavy atom. The molecule has 0 aliphatic carbocycles. The van der Waals surface area contributed by atoms with Crippen molar-refractivity contribution in [1.29, 1.82) is 0 Å². The quantitative estimate of drug-likeness (QED) is 0.670. The summed E-state index contributed by atoms with van der Waals surface area (Å²) in [5.41, 5.74) is 1.19. The zero-order valence-corrected chi connectivity index (χ0v) is 9.40. The normalized spacial score (nSPS) is 13.1. The van der Waals surface area contributed by atoms with Crippen molar-refractivity contribution < 1.29 is 0 Å². The number of rotatable bonds is 1. The molecule has 0 nitrogen and oxygen atoms in total. The van der Waals surface area contributed by atoms with Gasteiger partial charge in [-0.3, -0.25) is 0 Å². The number of hydrogen-bond donors (Lipinski definition) is 0. The maximum atomic E-state index is 5.82. The second kappa shape index (κ2) is 3.85. The molecule has 1 aromatic carbocycles. The molecule has 0 saturated carbocycles. The molecule has 11 heavy (non-hydrogen) atoms. The molecule has 0 fully saturated rings. The molecule has 0 aromatic heterocycles. The van der Waals surface area contributed by atoms with Crippen molar-refractivity contribution in [3.8, 4) is 0 Å². The molecular formula is C8H7AsCl2. The van der Waals surface area contributed by atoms with Crippen LogP contribution in [0.1, 0.15) is 17.2 Å². The first-order chi connectivity index (χ1) is 5.11. The van der Waals surface area contributed by atoms with E-state index < -0.39 is 0 Å². The van der Waals surface area contributed by atoms with Gasteiger partial charge < -0.3 is 0 Å². The zero-order chi connectivity index (χ0) is 8.43. The van der Waals surface area contributed by atoms with Crippen molar-refractivity contribution in [2.45, 2.75) is 11.6 Å². The van der Waals surface area contributed by atoms with Crippen molar-refractivity contribution in [3.05, 3.63) is 33.8 Å². The van der Waals surface area contributed by atoms with Crippen molar-refractivity contribution in [2.75, 3.05) is 0 Å². The Bertz CT molecular complexity index is 258. The Labute approximate surface area is 85.4 Å². The molecular weight excluding hydrogens is 242 g/mol. The van der Waals surface area contributed by atoms with E-state index in [4.69, 9.17) is 23.2 Å². The molecule has 1 aromatic rings. The molecule has 0 N–H and O–H groups in total. The molecule has 0 bridgehead atoms. The molecule has 1 unspecified atom stereocenters. The molecule has 0 heterocycles. The fourth-order valence-corrected chi connectivity index (χ4v) is 1.42. The first-order valence-electron chi connectivity index (χ1n) is 3.24. The van der Waals surface area contributed by atoms with Gasteiger partial charge in [0.15, 0.2) is 0 Å². The van der Waals surface area contributed by atoms with E-state index in [9.17, 15) is 0 Å². The molecule has 1 rings (SSSR count). The van der Waals surface area contributed by atoms with Gasteiger partial charge in [-0.25, -0.2) is 0 Å². The van der Waals surface area contributed by atoms with Crippen molar-refractivity contribution in [3.63, 3.8) is 0 Å². The third-order valence-corrected chi connectivity index (χ3v) is 2.79. The first-order valence-corrected chi connectivity index (χ1v) is 5.08. The summed E-state index contributed by atoms with van der Waals surface area (Å²) < 4.78 is 0.442. The molecule has 1 atom stereocenters. The molecule has 0 saturated heterocycles.